The molecule has 1 fully saturated rings. The van der Waals surface area contributed by atoms with Gasteiger partial charge in [-0.1, -0.05) is 0 Å². The van der Waals surface area contributed by atoms with Crippen molar-refractivity contribution in [1.29, 1.82) is 0 Å². The SMILES string of the molecule is CNC1CCCN(C(=O)c2ccncc2)C1.Cl.Cl. The Labute approximate surface area is 120 Å². The van der Waals surface area contributed by atoms with Crippen LogP contribution < -0.4 is 5.32 Å². The summed E-state index contributed by atoms with van der Waals surface area (Å²) in [6, 6.07) is 3.97. The third-order valence-electron chi connectivity index (χ3n) is 3.04. The number of aromatic nitrogens is 1. The van der Waals surface area contributed by atoms with Gasteiger partial charge in [-0.15, -0.1) is 24.8 Å². The molecule has 1 amide bonds. The lowest BCUT2D eigenvalue weighted by Crippen LogP contribution is -2.46. The summed E-state index contributed by atoms with van der Waals surface area (Å²) < 4.78 is 0. The van der Waals surface area contributed by atoms with E-state index >= 15 is 0 Å². The maximum absolute atomic E-state index is 12.1. The van der Waals surface area contributed by atoms with E-state index in [9.17, 15) is 4.79 Å². The Kier molecular flexibility index (Phi) is 7.91. The van der Waals surface area contributed by atoms with Crippen molar-refractivity contribution in [3.8, 4) is 0 Å². The summed E-state index contributed by atoms with van der Waals surface area (Å²) in [7, 11) is 1.95. The number of halogens is 2. The molecule has 0 saturated carbocycles. The molecule has 1 unspecified atom stereocenters. The minimum Gasteiger partial charge on any atom is -0.337 e. The maximum Gasteiger partial charge on any atom is 0.254 e. The number of likely N-dealkylation sites (tertiary alicyclic amines) is 1. The lowest BCUT2D eigenvalue weighted by molar-refractivity contribution is 0.0698. The van der Waals surface area contributed by atoms with Gasteiger partial charge in [-0.3, -0.25) is 9.78 Å². The number of pyridine rings is 1. The quantitative estimate of drug-likeness (QED) is 0.903. The van der Waals surface area contributed by atoms with Crippen molar-refractivity contribution in [1.82, 2.24) is 15.2 Å². The van der Waals surface area contributed by atoms with Crippen molar-refractivity contribution in [2.24, 2.45) is 0 Å². The van der Waals surface area contributed by atoms with Crippen LogP contribution in [0.2, 0.25) is 0 Å². The summed E-state index contributed by atoms with van der Waals surface area (Å²) in [5.74, 6) is 0.113. The van der Waals surface area contributed by atoms with Gasteiger partial charge >= 0.3 is 0 Å². The summed E-state index contributed by atoms with van der Waals surface area (Å²) >= 11 is 0. The highest BCUT2D eigenvalue weighted by atomic mass is 35.5. The van der Waals surface area contributed by atoms with Gasteiger partial charge in [0.05, 0.1) is 0 Å². The number of hydrogen-bond donors (Lipinski definition) is 1. The predicted octanol–water partition coefficient (Wildman–Crippen LogP) is 1.75. The first-order valence-electron chi connectivity index (χ1n) is 5.68. The summed E-state index contributed by atoms with van der Waals surface area (Å²) in [4.78, 5) is 18.0. The van der Waals surface area contributed by atoms with Gasteiger partial charge in [-0.25, -0.2) is 0 Å². The fraction of sp³-hybridized carbons (Fsp3) is 0.500. The lowest BCUT2D eigenvalue weighted by Gasteiger charge is -2.32. The molecular weight excluding hydrogens is 273 g/mol. The van der Waals surface area contributed by atoms with Crippen molar-refractivity contribution in [2.45, 2.75) is 18.9 Å². The van der Waals surface area contributed by atoms with Crippen LogP contribution in [-0.4, -0.2) is 42.0 Å². The van der Waals surface area contributed by atoms with Gasteiger partial charge in [0.15, 0.2) is 0 Å². The summed E-state index contributed by atoms with van der Waals surface area (Å²) in [6.45, 7) is 1.66. The van der Waals surface area contributed by atoms with Gasteiger partial charge in [-0.05, 0) is 32.0 Å². The molecule has 0 bridgehead atoms. The maximum atomic E-state index is 12.1. The van der Waals surface area contributed by atoms with Crippen molar-refractivity contribution >= 4 is 30.7 Å². The zero-order valence-corrected chi connectivity index (χ0v) is 12.0. The summed E-state index contributed by atoms with van der Waals surface area (Å²) in [5.41, 5.74) is 0.728. The highest BCUT2D eigenvalue weighted by Crippen LogP contribution is 2.13. The van der Waals surface area contributed by atoms with E-state index < -0.39 is 0 Å². The number of likely N-dealkylation sites (N-methyl/N-ethyl adjacent to an activating group) is 1. The number of piperidine rings is 1. The molecule has 1 aromatic heterocycles. The second-order valence-electron chi connectivity index (χ2n) is 4.11. The number of carbonyl (C=O) groups excluding carboxylic acids is 1. The van der Waals surface area contributed by atoms with Gasteiger partial charge < -0.3 is 10.2 Å². The highest BCUT2D eigenvalue weighted by molar-refractivity contribution is 5.94. The normalized spacial score (nSPS) is 18.5. The topological polar surface area (TPSA) is 45.2 Å². The Morgan fingerprint density at radius 1 is 1.39 bits per heavy atom. The zero-order chi connectivity index (χ0) is 11.4. The molecule has 4 nitrogen and oxygen atoms in total. The van der Waals surface area contributed by atoms with E-state index in [1.807, 2.05) is 11.9 Å². The molecule has 2 heterocycles. The van der Waals surface area contributed by atoms with Gasteiger partial charge in [0, 0.05) is 37.1 Å². The standard InChI is InChI=1S/C12H17N3O.2ClH/c1-13-11-3-2-8-15(9-11)12(16)10-4-6-14-7-5-10;;/h4-7,11,13H,2-3,8-9H2,1H3;2*1H. The summed E-state index contributed by atoms with van der Waals surface area (Å²) in [6.07, 6.45) is 5.54. The molecule has 102 valence electrons. The molecule has 0 spiro atoms. The Bertz CT molecular complexity index is 362. The van der Waals surface area contributed by atoms with E-state index in [1.54, 1.807) is 24.5 Å². The molecule has 6 heteroatoms. The van der Waals surface area contributed by atoms with Crippen molar-refractivity contribution in [3.63, 3.8) is 0 Å². The second kappa shape index (κ2) is 8.29. The van der Waals surface area contributed by atoms with E-state index in [-0.39, 0.29) is 30.7 Å². The van der Waals surface area contributed by atoms with E-state index in [4.69, 9.17) is 0 Å². The minimum absolute atomic E-state index is 0. The molecule has 18 heavy (non-hydrogen) atoms. The molecule has 1 saturated heterocycles. The molecule has 0 aliphatic carbocycles. The monoisotopic (exact) mass is 291 g/mol. The van der Waals surface area contributed by atoms with Crippen molar-refractivity contribution in [3.05, 3.63) is 30.1 Å². The number of nitrogens with zero attached hydrogens (tertiary/aromatic N) is 2. The molecule has 1 atom stereocenters. The largest absolute Gasteiger partial charge is 0.337 e. The number of nitrogens with one attached hydrogen (secondary N) is 1. The number of carbonyl (C=O) groups is 1. The average molecular weight is 292 g/mol. The smallest absolute Gasteiger partial charge is 0.254 e. The fourth-order valence-electron chi connectivity index (χ4n) is 2.07. The van der Waals surface area contributed by atoms with Crippen LogP contribution in [0, 0.1) is 0 Å². The van der Waals surface area contributed by atoms with Crippen LogP contribution in [0.5, 0.6) is 0 Å². The average Bonchev–Trinajstić information content (AvgIpc) is 2.39. The molecule has 2 rings (SSSR count). The molecule has 1 aliphatic heterocycles. The van der Waals surface area contributed by atoms with E-state index in [0.29, 0.717) is 6.04 Å². The molecule has 1 aliphatic rings. The van der Waals surface area contributed by atoms with E-state index in [0.717, 1.165) is 31.5 Å². The number of hydrogen-bond acceptors (Lipinski definition) is 3. The van der Waals surface area contributed by atoms with Crippen LogP contribution in [0.4, 0.5) is 0 Å². The fourth-order valence-corrected chi connectivity index (χ4v) is 2.07. The molecule has 1 aromatic rings. The number of amides is 1. The lowest BCUT2D eigenvalue weighted by atomic mass is 10.1. The minimum atomic E-state index is 0. The molecule has 1 N–H and O–H groups in total. The van der Waals surface area contributed by atoms with Gasteiger partial charge in [0.2, 0.25) is 0 Å². The third-order valence-corrected chi connectivity index (χ3v) is 3.04. The zero-order valence-electron chi connectivity index (χ0n) is 10.3. The predicted molar refractivity (Wildman–Crippen MR) is 76.7 cm³/mol. The first-order chi connectivity index (χ1) is 7.81. The van der Waals surface area contributed by atoms with Gasteiger partial charge in [0.25, 0.3) is 5.91 Å². The Balaban J connectivity index is 0.00000144. The van der Waals surface area contributed by atoms with Gasteiger partial charge in [0.1, 0.15) is 0 Å². The van der Waals surface area contributed by atoms with Crippen LogP contribution in [-0.2, 0) is 0 Å². The van der Waals surface area contributed by atoms with Crippen LogP contribution >= 0.6 is 24.8 Å². The Morgan fingerprint density at radius 2 is 2.06 bits per heavy atom. The second-order valence-corrected chi connectivity index (χ2v) is 4.11. The van der Waals surface area contributed by atoms with E-state index in [2.05, 4.69) is 10.3 Å². The first-order valence-corrected chi connectivity index (χ1v) is 5.68. The third kappa shape index (κ3) is 4.12. The van der Waals surface area contributed by atoms with Crippen LogP contribution in [0.1, 0.15) is 23.2 Å². The molecular formula is C12H19Cl2N3O. The van der Waals surface area contributed by atoms with E-state index in [1.165, 1.54) is 0 Å². The first kappa shape index (κ1) is 17.2. The highest BCUT2D eigenvalue weighted by Gasteiger charge is 2.23. The van der Waals surface area contributed by atoms with Crippen LogP contribution in [0.25, 0.3) is 0 Å². The van der Waals surface area contributed by atoms with Crippen LogP contribution in [0.15, 0.2) is 24.5 Å². The molecule has 0 radical (unpaired) electrons. The molecule has 0 aromatic carbocycles. The van der Waals surface area contributed by atoms with Crippen LogP contribution in [0.3, 0.4) is 0 Å². The Hall–Kier alpha value is -0.840. The van der Waals surface area contributed by atoms with Crippen molar-refractivity contribution in [2.75, 3.05) is 20.1 Å². The van der Waals surface area contributed by atoms with Gasteiger partial charge in [-0.2, -0.15) is 0 Å². The Morgan fingerprint density at radius 3 is 2.67 bits per heavy atom. The summed E-state index contributed by atoms with van der Waals surface area (Å²) in [5, 5.41) is 3.23. The number of rotatable bonds is 2. The van der Waals surface area contributed by atoms with Crippen molar-refractivity contribution < 1.29 is 4.79 Å².